The van der Waals surface area contributed by atoms with Gasteiger partial charge in [-0.05, 0) is 11.8 Å². The molecule has 4 aromatic heterocycles. The smallest absolute Gasteiger partial charge is 0.365 e. The standard InChI is InChI=1S/C24H26F2N10O9P2S/c25-13-17-12-6-41-47(39,48)45-18-11(5-40-46(37,38)44-17)42-24(14(18)26)36-10-34-16-20(30-8-32-22(16)36)28-4-2-1-3-27-19-15-21(31-7-29-19)35(9-33-15)23(13)43-12/h1-2,7-14,17-18,23-24H,3-6H2,(H,37,38)(H,39,48)(H,27,29,31)(H,28,30,32)/b2-1+/t11?,12?,13-,14-,17-,18-,23-,24-,47+/m1/s1. The summed E-state index contributed by atoms with van der Waals surface area (Å²) in [6.45, 7) is -5.09. The molecule has 48 heavy (non-hydrogen) atoms. The molecule has 0 aromatic carbocycles. The number of phosphoric ester groups is 1. The molecule has 10 atom stereocenters. The molecule has 0 radical (unpaired) electrons. The summed E-state index contributed by atoms with van der Waals surface area (Å²) in [4.78, 5) is 47.3. The van der Waals surface area contributed by atoms with Crippen molar-refractivity contribution < 1.29 is 50.7 Å². The van der Waals surface area contributed by atoms with Crippen LogP contribution in [-0.4, -0.2) is 112 Å². The highest BCUT2D eigenvalue weighted by Gasteiger charge is 2.54. The van der Waals surface area contributed by atoms with E-state index < -0.39 is 77.0 Å². The number of anilines is 2. The predicted molar refractivity (Wildman–Crippen MR) is 162 cm³/mol. The summed E-state index contributed by atoms with van der Waals surface area (Å²) < 4.78 is 81.4. The van der Waals surface area contributed by atoms with Crippen molar-refractivity contribution in [3.8, 4) is 0 Å². The maximum atomic E-state index is 16.2. The number of ether oxygens (including phenoxy) is 2. The quantitative estimate of drug-likeness (QED) is 0.149. The summed E-state index contributed by atoms with van der Waals surface area (Å²) in [6, 6.07) is 0. The first-order valence-corrected chi connectivity index (χ1v) is 18.6. The van der Waals surface area contributed by atoms with Gasteiger partial charge in [0.05, 0.1) is 25.9 Å². The predicted octanol–water partition coefficient (Wildman–Crippen LogP) is 1.67. The van der Waals surface area contributed by atoms with Crippen LogP contribution in [0.5, 0.6) is 0 Å². The van der Waals surface area contributed by atoms with Gasteiger partial charge in [0.25, 0.3) is 0 Å². The Bertz CT molecular complexity index is 1850. The van der Waals surface area contributed by atoms with Crippen LogP contribution >= 0.6 is 14.5 Å². The third-order valence-electron chi connectivity index (χ3n) is 8.05. The first-order valence-electron chi connectivity index (χ1n) is 14.5. The number of nitrogens with zero attached hydrogens (tertiary/aromatic N) is 8. The molecule has 19 nitrogen and oxygen atoms in total. The van der Waals surface area contributed by atoms with Crippen LogP contribution in [0, 0.1) is 0 Å². The van der Waals surface area contributed by atoms with Crippen LogP contribution in [-0.2, 0) is 43.9 Å². The molecule has 256 valence electrons. The molecule has 4 N–H and O–H groups in total. The largest absolute Gasteiger partial charge is 0.472 e. The SMILES string of the molecule is O=P1(O)OCC2O[C@@H]3[C@H](F)[C@@H]2O[P@@](O)(=S)OCC2O[C@H]([C@H](F)[C@@H]2O1)n1cnc2c(ncnc21)NC/C=C/CNc1ncnc2c1ncn23. The molecule has 5 aliphatic heterocycles. The van der Waals surface area contributed by atoms with E-state index in [1.165, 1.54) is 34.4 Å². The Morgan fingerprint density at radius 3 is 1.81 bits per heavy atom. The van der Waals surface area contributed by atoms with Crippen molar-refractivity contribution >= 4 is 60.3 Å². The fourth-order valence-electron chi connectivity index (χ4n) is 5.87. The monoisotopic (exact) mass is 730 g/mol. The summed E-state index contributed by atoms with van der Waals surface area (Å²) in [5.74, 6) is 0.703. The average molecular weight is 731 g/mol. The van der Waals surface area contributed by atoms with Crippen LogP contribution in [0.3, 0.4) is 0 Å². The van der Waals surface area contributed by atoms with Crippen LogP contribution < -0.4 is 10.6 Å². The molecule has 3 fully saturated rings. The molecular weight excluding hydrogens is 704 g/mol. The fraction of sp³-hybridized carbons (Fsp3) is 0.500. The summed E-state index contributed by atoms with van der Waals surface area (Å²) in [5.41, 5.74) is 0.955. The summed E-state index contributed by atoms with van der Waals surface area (Å²) in [6.07, 6.45) is -4.66. The highest BCUT2D eigenvalue weighted by Crippen LogP contribution is 2.54. The minimum absolute atomic E-state index is 0.179. The van der Waals surface area contributed by atoms with Gasteiger partial charge in [0.2, 0.25) is 0 Å². The highest BCUT2D eigenvalue weighted by atomic mass is 32.5. The van der Waals surface area contributed by atoms with Crippen molar-refractivity contribution in [2.75, 3.05) is 36.9 Å². The number of phosphoric acid groups is 1. The maximum Gasteiger partial charge on any atom is 0.472 e. The van der Waals surface area contributed by atoms with Crippen molar-refractivity contribution in [3.05, 3.63) is 37.5 Å². The number of hydrogen-bond donors (Lipinski definition) is 4. The van der Waals surface area contributed by atoms with Gasteiger partial charge >= 0.3 is 14.5 Å². The second kappa shape index (κ2) is 12.3. The summed E-state index contributed by atoms with van der Waals surface area (Å²) in [5, 5.41) is 6.25. The minimum atomic E-state index is -5.07. The number of halogens is 2. The second-order valence-corrected chi connectivity index (χ2v) is 15.2. The average Bonchev–Trinajstić information content (AvgIpc) is 3.81. The van der Waals surface area contributed by atoms with Crippen LogP contribution in [0.2, 0.25) is 0 Å². The van der Waals surface area contributed by atoms with Gasteiger partial charge in [-0.25, -0.2) is 43.2 Å². The first-order chi connectivity index (χ1) is 23.1. The molecule has 4 aromatic rings. The summed E-state index contributed by atoms with van der Waals surface area (Å²) >= 11 is 5.19. The van der Waals surface area contributed by atoms with Gasteiger partial charge in [0, 0.05) is 13.1 Å². The number of imidazole rings is 2. The zero-order valence-corrected chi connectivity index (χ0v) is 26.9. The second-order valence-electron chi connectivity index (χ2n) is 11.0. The Morgan fingerprint density at radius 1 is 0.771 bits per heavy atom. The van der Waals surface area contributed by atoms with Crippen LogP contribution in [0.1, 0.15) is 12.5 Å². The van der Waals surface area contributed by atoms with Crippen molar-refractivity contribution in [2.24, 2.45) is 0 Å². The van der Waals surface area contributed by atoms with E-state index in [0.717, 1.165) is 0 Å². The van der Waals surface area contributed by atoms with Gasteiger partial charge in [-0.15, -0.1) is 0 Å². The van der Waals surface area contributed by atoms with Gasteiger partial charge in [-0.2, -0.15) is 0 Å². The molecule has 9 heterocycles. The lowest BCUT2D eigenvalue weighted by Crippen LogP contribution is -2.37. The molecule has 3 saturated heterocycles. The van der Waals surface area contributed by atoms with Crippen LogP contribution in [0.25, 0.3) is 22.3 Å². The highest BCUT2D eigenvalue weighted by molar-refractivity contribution is 8.07. The van der Waals surface area contributed by atoms with Gasteiger partial charge in [-0.1, -0.05) is 12.2 Å². The molecule has 0 saturated carbocycles. The minimum Gasteiger partial charge on any atom is -0.365 e. The number of hydrogen-bond acceptors (Lipinski definition) is 16. The molecule has 0 spiro atoms. The fourth-order valence-corrected chi connectivity index (χ4v) is 8.27. The van der Waals surface area contributed by atoms with E-state index in [1.807, 2.05) is 12.2 Å². The van der Waals surface area contributed by atoms with Crippen LogP contribution in [0.15, 0.2) is 37.5 Å². The number of nitrogens with one attached hydrogen (secondary N) is 2. The molecule has 0 amide bonds. The van der Waals surface area contributed by atoms with Gasteiger partial charge < -0.3 is 34.4 Å². The molecule has 3 unspecified atom stereocenters. The van der Waals surface area contributed by atoms with Gasteiger partial charge in [-0.3, -0.25) is 22.7 Å². The van der Waals surface area contributed by atoms with E-state index in [4.69, 9.17) is 39.4 Å². The van der Waals surface area contributed by atoms with E-state index >= 15 is 8.78 Å². The molecule has 0 aliphatic carbocycles. The van der Waals surface area contributed by atoms with Crippen molar-refractivity contribution in [2.45, 2.75) is 49.2 Å². The van der Waals surface area contributed by atoms with E-state index in [9.17, 15) is 14.4 Å². The zero-order chi connectivity index (χ0) is 33.2. The van der Waals surface area contributed by atoms with Gasteiger partial charge in [0.15, 0.2) is 58.8 Å². The van der Waals surface area contributed by atoms with E-state index in [0.29, 0.717) is 30.2 Å². The number of alkyl halides is 2. The third kappa shape index (κ3) is 5.79. The number of fused-ring (bicyclic) bond motifs is 10. The maximum absolute atomic E-state index is 16.2. The van der Waals surface area contributed by atoms with E-state index in [1.54, 1.807) is 0 Å². The Kier molecular flexibility index (Phi) is 8.24. The Balaban J connectivity index is 1.21. The summed E-state index contributed by atoms with van der Waals surface area (Å²) in [7, 11) is -5.07. The molecule has 5 aliphatic rings. The van der Waals surface area contributed by atoms with E-state index in [-0.39, 0.29) is 16.8 Å². The Morgan fingerprint density at radius 2 is 1.27 bits per heavy atom. The molecule has 14 bridgehead atoms. The van der Waals surface area contributed by atoms with Crippen molar-refractivity contribution in [1.82, 2.24) is 39.0 Å². The topological polar surface area (TPSA) is 224 Å². The molecule has 24 heteroatoms. The van der Waals surface area contributed by atoms with Crippen LogP contribution in [0.4, 0.5) is 20.4 Å². The first kappa shape index (κ1) is 32.1. The molecular formula is C24H26F2N10O9P2S. The van der Waals surface area contributed by atoms with E-state index in [2.05, 4.69) is 40.5 Å². The number of rotatable bonds is 0. The number of aromatic nitrogens is 8. The van der Waals surface area contributed by atoms with Gasteiger partial charge in [0.1, 0.15) is 37.1 Å². The Labute approximate surface area is 273 Å². The lowest BCUT2D eigenvalue weighted by atomic mass is 10.1. The van der Waals surface area contributed by atoms with Crippen molar-refractivity contribution in [1.29, 1.82) is 0 Å². The van der Waals surface area contributed by atoms with Crippen molar-refractivity contribution in [3.63, 3.8) is 0 Å². The Hall–Kier alpha value is -3.14. The lowest BCUT2D eigenvalue weighted by Gasteiger charge is -2.28. The lowest BCUT2D eigenvalue weighted by molar-refractivity contribution is -0.0623. The normalized spacial score (nSPS) is 38.0. The zero-order valence-electron chi connectivity index (χ0n) is 24.3. The molecule has 9 rings (SSSR count). The third-order valence-corrected chi connectivity index (χ3v) is 10.6.